The van der Waals surface area contributed by atoms with Gasteiger partial charge in [0.25, 0.3) is 0 Å². The first-order valence-corrected chi connectivity index (χ1v) is 7.18. The van der Waals surface area contributed by atoms with E-state index in [-0.39, 0.29) is 5.41 Å². The molecule has 1 heterocycles. The van der Waals surface area contributed by atoms with Gasteiger partial charge in [0.05, 0.1) is 5.69 Å². The van der Waals surface area contributed by atoms with Crippen LogP contribution in [0.5, 0.6) is 0 Å². The lowest BCUT2D eigenvalue weighted by atomic mass is 10.0. The molecule has 1 saturated carbocycles. The molecule has 20 heavy (non-hydrogen) atoms. The van der Waals surface area contributed by atoms with Gasteiger partial charge in [-0.1, -0.05) is 12.1 Å². The lowest BCUT2D eigenvalue weighted by molar-refractivity contribution is 0.646. The molecule has 1 aromatic heterocycles. The summed E-state index contributed by atoms with van der Waals surface area (Å²) in [7, 11) is 0. The summed E-state index contributed by atoms with van der Waals surface area (Å²) in [5.74, 6) is 0.924. The number of nitrogens with zero attached hydrogens (tertiary/aromatic N) is 2. The number of rotatable bonds is 3. The van der Waals surface area contributed by atoms with Gasteiger partial charge in [0.2, 0.25) is 0 Å². The third kappa shape index (κ3) is 2.22. The first kappa shape index (κ1) is 13.3. The van der Waals surface area contributed by atoms with E-state index in [2.05, 4.69) is 43.1 Å². The largest absolute Gasteiger partial charge is 0.329 e. The molecule has 0 aliphatic heterocycles. The van der Waals surface area contributed by atoms with Crippen LogP contribution in [0, 0.1) is 20.8 Å². The second-order valence-corrected chi connectivity index (χ2v) is 6.00. The summed E-state index contributed by atoms with van der Waals surface area (Å²) >= 11 is 0. The molecule has 2 N–H and O–H groups in total. The van der Waals surface area contributed by atoms with Crippen molar-refractivity contribution in [2.75, 3.05) is 6.54 Å². The van der Waals surface area contributed by atoms with E-state index < -0.39 is 0 Å². The molecule has 1 aliphatic carbocycles. The van der Waals surface area contributed by atoms with Gasteiger partial charge in [-0.25, -0.2) is 9.97 Å². The minimum atomic E-state index is 0.0422. The van der Waals surface area contributed by atoms with Crippen molar-refractivity contribution in [1.29, 1.82) is 0 Å². The van der Waals surface area contributed by atoms with Crippen molar-refractivity contribution in [1.82, 2.24) is 9.97 Å². The van der Waals surface area contributed by atoms with Crippen molar-refractivity contribution in [3.05, 3.63) is 46.9 Å². The van der Waals surface area contributed by atoms with Crippen LogP contribution in [0.3, 0.4) is 0 Å². The maximum absolute atomic E-state index is 5.90. The van der Waals surface area contributed by atoms with Crippen LogP contribution in [-0.4, -0.2) is 16.5 Å². The van der Waals surface area contributed by atoms with Crippen molar-refractivity contribution in [2.45, 2.75) is 39.0 Å². The maximum atomic E-state index is 5.90. The average Bonchev–Trinajstić information content (AvgIpc) is 3.22. The molecule has 3 nitrogen and oxygen atoms in total. The molecular formula is C17H21N3. The topological polar surface area (TPSA) is 51.8 Å². The summed E-state index contributed by atoms with van der Waals surface area (Å²) in [5.41, 5.74) is 11.7. The second kappa shape index (κ2) is 4.67. The fourth-order valence-corrected chi connectivity index (χ4v) is 2.52. The van der Waals surface area contributed by atoms with E-state index in [4.69, 9.17) is 10.7 Å². The van der Waals surface area contributed by atoms with Gasteiger partial charge in [-0.2, -0.15) is 0 Å². The average molecular weight is 267 g/mol. The quantitative estimate of drug-likeness (QED) is 0.930. The predicted octanol–water partition coefficient (Wildman–Crippen LogP) is 3.06. The Morgan fingerprint density at radius 1 is 1.05 bits per heavy atom. The molecule has 1 aliphatic rings. The SMILES string of the molecule is Cc1cc(-c2ccc(C)c(C)c2)nc(C2(CN)CC2)n1. The summed E-state index contributed by atoms with van der Waals surface area (Å²) in [6.07, 6.45) is 2.22. The van der Waals surface area contributed by atoms with Gasteiger partial charge in [0, 0.05) is 23.2 Å². The van der Waals surface area contributed by atoms with Crippen LogP contribution in [0.25, 0.3) is 11.3 Å². The minimum Gasteiger partial charge on any atom is -0.329 e. The Morgan fingerprint density at radius 3 is 2.40 bits per heavy atom. The number of nitrogens with two attached hydrogens (primary N) is 1. The molecule has 0 saturated heterocycles. The molecule has 0 bridgehead atoms. The molecule has 0 amide bonds. The predicted molar refractivity (Wildman–Crippen MR) is 81.6 cm³/mol. The van der Waals surface area contributed by atoms with Crippen LogP contribution in [0.4, 0.5) is 0 Å². The highest BCUT2D eigenvalue weighted by Gasteiger charge is 2.46. The molecular weight excluding hydrogens is 246 g/mol. The van der Waals surface area contributed by atoms with E-state index in [1.165, 1.54) is 11.1 Å². The van der Waals surface area contributed by atoms with E-state index in [0.29, 0.717) is 6.54 Å². The lowest BCUT2D eigenvalue weighted by Gasteiger charge is -2.13. The molecule has 3 rings (SSSR count). The Bertz CT molecular complexity index is 657. The maximum Gasteiger partial charge on any atom is 0.136 e. The lowest BCUT2D eigenvalue weighted by Crippen LogP contribution is -2.23. The first-order chi connectivity index (χ1) is 9.54. The molecule has 2 aromatic rings. The van der Waals surface area contributed by atoms with E-state index in [0.717, 1.165) is 35.6 Å². The van der Waals surface area contributed by atoms with Crippen LogP contribution in [-0.2, 0) is 5.41 Å². The third-order valence-electron chi connectivity index (χ3n) is 4.38. The number of aryl methyl sites for hydroxylation is 3. The van der Waals surface area contributed by atoms with Gasteiger partial charge in [-0.15, -0.1) is 0 Å². The number of benzene rings is 1. The van der Waals surface area contributed by atoms with E-state index in [1.807, 2.05) is 6.92 Å². The highest BCUT2D eigenvalue weighted by atomic mass is 14.9. The van der Waals surface area contributed by atoms with E-state index >= 15 is 0 Å². The Labute approximate surface area is 120 Å². The van der Waals surface area contributed by atoms with E-state index in [9.17, 15) is 0 Å². The fourth-order valence-electron chi connectivity index (χ4n) is 2.52. The summed E-state index contributed by atoms with van der Waals surface area (Å²) in [6, 6.07) is 8.54. The number of hydrogen-bond acceptors (Lipinski definition) is 3. The zero-order valence-electron chi connectivity index (χ0n) is 12.4. The van der Waals surface area contributed by atoms with Gasteiger partial charge in [0.1, 0.15) is 5.82 Å². The van der Waals surface area contributed by atoms with Crippen LogP contribution < -0.4 is 5.73 Å². The van der Waals surface area contributed by atoms with Crippen LogP contribution in [0.15, 0.2) is 24.3 Å². The summed E-state index contributed by atoms with van der Waals surface area (Å²) in [6.45, 7) is 6.94. The summed E-state index contributed by atoms with van der Waals surface area (Å²) in [4.78, 5) is 9.40. The van der Waals surface area contributed by atoms with Crippen LogP contribution in [0.1, 0.15) is 35.5 Å². The zero-order chi connectivity index (χ0) is 14.3. The molecule has 3 heteroatoms. The summed E-state index contributed by atoms with van der Waals surface area (Å²) in [5, 5.41) is 0. The highest BCUT2D eigenvalue weighted by Crippen LogP contribution is 2.45. The van der Waals surface area contributed by atoms with Gasteiger partial charge < -0.3 is 5.73 Å². The Hall–Kier alpha value is -1.74. The van der Waals surface area contributed by atoms with Gasteiger partial charge >= 0.3 is 0 Å². The fraction of sp³-hybridized carbons (Fsp3) is 0.412. The monoisotopic (exact) mass is 267 g/mol. The standard InChI is InChI=1S/C17H21N3/c1-11-4-5-14(8-12(11)2)15-9-13(3)19-16(20-15)17(10-18)6-7-17/h4-5,8-9H,6-7,10,18H2,1-3H3. The zero-order valence-corrected chi connectivity index (χ0v) is 12.4. The van der Waals surface area contributed by atoms with Crippen molar-refractivity contribution in [3.8, 4) is 11.3 Å². The second-order valence-electron chi connectivity index (χ2n) is 6.00. The minimum absolute atomic E-state index is 0.0422. The number of hydrogen-bond donors (Lipinski definition) is 1. The first-order valence-electron chi connectivity index (χ1n) is 7.18. The Kier molecular flexibility index (Phi) is 3.09. The van der Waals surface area contributed by atoms with Gasteiger partial charge in [-0.3, -0.25) is 0 Å². The smallest absolute Gasteiger partial charge is 0.136 e. The molecule has 1 aromatic carbocycles. The van der Waals surface area contributed by atoms with Crippen molar-refractivity contribution < 1.29 is 0 Å². The molecule has 0 radical (unpaired) electrons. The van der Waals surface area contributed by atoms with Crippen molar-refractivity contribution >= 4 is 0 Å². The molecule has 1 fully saturated rings. The Balaban J connectivity index is 2.07. The van der Waals surface area contributed by atoms with Crippen molar-refractivity contribution in [3.63, 3.8) is 0 Å². The van der Waals surface area contributed by atoms with E-state index in [1.54, 1.807) is 0 Å². The Morgan fingerprint density at radius 2 is 1.80 bits per heavy atom. The van der Waals surface area contributed by atoms with Gasteiger partial charge in [-0.05, 0) is 56.9 Å². The third-order valence-corrected chi connectivity index (χ3v) is 4.38. The molecule has 104 valence electrons. The van der Waals surface area contributed by atoms with Crippen LogP contribution >= 0.6 is 0 Å². The summed E-state index contributed by atoms with van der Waals surface area (Å²) < 4.78 is 0. The highest BCUT2D eigenvalue weighted by molar-refractivity contribution is 5.61. The molecule has 0 spiro atoms. The van der Waals surface area contributed by atoms with Gasteiger partial charge in [0.15, 0.2) is 0 Å². The normalized spacial score (nSPS) is 16.2. The molecule has 0 unspecified atom stereocenters. The van der Waals surface area contributed by atoms with Crippen molar-refractivity contribution in [2.24, 2.45) is 5.73 Å². The number of aromatic nitrogens is 2. The molecule has 0 atom stereocenters. The van der Waals surface area contributed by atoms with Crippen LogP contribution in [0.2, 0.25) is 0 Å².